The molecular weight excluding hydrogens is 200 g/mol. The van der Waals surface area contributed by atoms with E-state index in [9.17, 15) is 17.6 Å². The Bertz CT molecular complexity index is 295. The zero-order valence-electron chi connectivity index (χ0n) is 7.14. The molecule has 0 N–H and O–H groups in total. The minimum Gasteiger partial charge on any atom is -0.493 e. The largest absolute Gasteiger partial charge is 0.493 e. The van der Waals surface area contributed by atoms with Crippen LogP contribution in [0.2, 0.25) is 0 Å². The Morgan fingerprint density at radius 1 is 1.21 bits per heavy atom. The number of hydrogen-bond acceptors (Lipinski definition) is 1. The quantitative estimate of drug-likeness (QED) is 0.693. The van der Waals surface area contributed by atoms with Crippen LogP contribution in [0.1, 0.15) is 6.42 Å². The van der Waals surface area contributed by atoms with Crippen molar-refractivity contribution in [1.29, 1.82) is 0 Å². The molecule has 5 heteroatoms. The summed E-state index contributed by atoms with van der Waals surface area (Å²) < 4.78 is 52.3. The average Bonchev–Trinajstić information content (AvgIpc) is 2.01. The zero-order valence-corrected chi connectivity index (χ0v) is 7.14. The molecule has 1 aromatic carbocycles. The van der Waals surface area contributed by atoms with Crippen molar-refractivity contribution in [2.45, 2.75) is 12.6 Å². The molecular formula is C9H8F4O. The molecule has 1 aromatic rings. The molecule has 0 saturated carbocycles. The van der Waals surface area contributed by atoms with Crippen LogP contribution < -0.4 is 4.74 Å². The van der Waals surface area contributed by atoms with Gasteiger partial charge >= 0.3 is 6.18 Å². The third kappa shape index (κ3) is 4.11. The van der Waals surface area contributed by atoms with Gasteiger partial charge in [0.1, 0.15) is 11.6 Å². The Labute approximate surface area is 78.3 Å². The molecule has 0 aliphatic carbocycles. The maximum Gasteiger partial charge on any atom is 0.392 e. The van der Waals surface area contributed by atoms with Crippen LogP contribution in [-0.2, 0) is 0 Å². The Kier molecular flexibility index (Phi) is 3.33. The summed E-state index contributed by atoms with van der Waals surface area (Å²) in [6.45, 7) is -0.493. The van der Waals surface area contributed by atoms with Crippen LogP contribution in [0, 0.1) is 5.82 Å². The lowest BCUT2D eigenvalue weighted by Crippen LogP contribution is -2.13. The van der Waals surface area contributed by atoms with Crippen molar-refractivity contribution >= 4 is 0 Å². The van der Waals surface area contributed by atoms with E-state index in [-0.39, 0.29) is 5.75 Å². The fourth-order valence-corrected chi connectivity index (χ4v) is 0.841. The first-order chi connectivity index (χ1) is 6.47. The molecule has 0 fully saturated rings. The molecule has 0 atom stereocenters. The Morgan fingerprint density at radius 3 is 2.50 bits per heavy atom. The van der Waals surface area contributed by atoms with Gasteiger partial charge in [0.25, 0.3) is 0 Å². The van der Waals surface area contributed by atoms with E-state index in [2.05, 4.69) is 0 Å². The van der Waals surface area contributed by atoms with Crippen LogP contribution in [0.3, 0.4) is 0 Å². The fraction of sp³-hybridized carbons (Fsp3) is 0.333. The second-order valence-electron chi connectivity index (χ2n) is 2.67. The number of rotatable bonds is 3. The van der Waals surface area contributed by atoms with Crippen molar-refractivity contribution in [2.75, 3.05) is 6.61 Å². The number of benzene rings is 1. The summed E-state index contributed by atoms with van der Waals surface area (Å²) in [7, 11) is 0. The predicted octanol–water partition coefficient (Wildman–Crippen LogP) is 3.16. The highest BCUT2D eigenvalue weighted by Gasteiger charge is 2.26. The summed E-state index contributed by atoms with van der Waals surface area (Å²) >= 11 is 0. The monoisotopic (exact) mass is 208 g/mol. The van der Waals surface area contributed by atoms with Crippen molar-refractivity contribution in [3.63, 3.8) is 0 Å². The van der Waals surface area contributed by atoms with Gasteiger partial charge in [-0.05, 0) is 12.1 Å². The predicted molar refractivity (Wildman–Crippen MR) is 42.6 cm³/mol. The molecule has 0 spiro atoms. The summed E-state index contributed by atoms with van der Waals surface area (Å²) in [4.78, 5) is 0. The topological polar surface area (TPSA) is 9.23 Å². The summed E-state index contributed by atoms with van der Waals surface area (Å²) in [6, 6.07) is 5.00. The lowest BCUT2D eigenvalue weighted by atomic mass is 10.3. The van der Waals surface area contributed by atoms with Gasteiger partial charge in [0.2, 0.25) is 0 Å². The Balaban J connectivity index is 2.39. The molecule has 14 heavy (non-hydrogen) atoms. The first-order valence-corrected chi connectivity index (χ1v) is 3.92. The molecule has 1 rings (SSSR count). The number of ether oxygens (including phenoxy) is 1. The van der Waals surface area contributed by atoms with Gasteiger partial charge in [-0.2, -0.15) is 13.2 Å². The maximum atomic E-state index is 12.5. The minimum atomic E-state index is -4.24. The summed E-state index contributed by atoms with van der Waals surface area (Å²) in [5.41, 5.74) is 0. The second kappa shape index (κ2) is 4.30. The van der Waals surface area contributed by atoms with Crippen LogP contribution in [0.15, 0.2) is 24.3 Å². The molecule has 0 aliphatic rings. The van der Waals surface area contributed by atoms with Crippen molar-refractivity contribution in [3.8, 4) is 5.75 Å². The van der Waals surface area contributed by atoms with Crippen molar-refractivity contribution < 1.29 is 22.3 Å². The SMILES string of the molecule is Fc1cccc(OCCC(F)(F)F)c1. The first-order valence-electron chi connectivity index (χ1n) is 3.92. The van der Waals surface area contributed by atoms with E-state index in [4.69, 9.17) is 4.74 Å². The molecule has 0 unspecified atom stereocenters. The highest BCUT2D eigenvalue weighted by molar-refractivity contribution is 5.22. The van der Waals surface area contributed by atoms with Gasteiger partial charge < -0.3 is 4.74 Å². The third-order valence-electron chi connectivity index (χ3n) is 1.45. The van der Waals surface area contributed by atoms with Gasteiger partial charge in [0, 0.05) is 6.07 Å². The number of alkyl halides is 3. The molecule has 1 nitrogen and oxygen atoms in total. The van der Waals surface area contributed by atoms with E-state index in [1.807, 2.05) is 0 Å². The third-order valence-corrected chi connectivity index (χ3v) is 1.45. The molecule has 0 aliphatic heterocycles. The van der Waals surface area contributed by atoms with Crippen molar-refractivity contribution in [2.24, 2.45) is 0 Å². The first kappa shape index (κ1) is 10.8. The Morgan fingerprint density at radius 2 is 1.93 bits per heavy atom. The van der Waals surface area contributed by atoms with E-state index in [1.165, 1.54) is 18.2 Å². The molecule has 0 amide bonds. The van der Waals surface area contributed by atoms with Gasteiger partial charge in [-0.3, -0.25) is 0 Å². The van der Waals surface area contributed by atoms with Crippen LogP contribution in [0.25, 0.3) is 0 Å². The molecule has 0 radical (unpaired) electrons. The number of hydrogen-bond donors (Lipinski definition) is 0. The maximum absolute atomic E-state index is 12.5. The molecule has 0 aromatic heterocycles. The lowest BCUT2D eigenvalue weighted by molar-refractivity contribution is -0.139. The summed E-state index contributed by atoms with van der Waals surface area (Å²) in [6.07, 6.45) is -5.28. The second-order valence-corrected chi connectivity index (χ2v) is 2.67. The highest BCUT2D eigenvalue weighted by Crippen LogP contribution is 2.20. The summed E-state index contributed by atoms with van der Waals surface area (Å²) in [5.74, 6) is -0.427. The zero-order chi connectivity index (χ0) is 10.6. The standard InChI is InChI=1S/C9H8F4O/c10-7-2-1-3-8(6-7)14-5-4-9(11,12)13/h1-3,6H,4-5H2. The van der Waals surface area contributed by atoms with Crippen molar-refractivity contribution in [1.82, 2.24) is 0 Å². The van der Waals surface area contributed by atoms with Gasteiger partial charge in [-0.25, -0.2) is 4.39 Å². The van der Waals surface area contributed by atoms with Crippen LogP contribution >= 0.6 is 0 Å². The van der Waals surface area contributed by atoms with E-state index in [0.717, 1.165) is 6.07 Å². The minimum absolute atomic E-state index is 0.106. The molecule has 0 bridgehead atoms. The van der Waals surface area contributed by atoms with E-state index < -0.39 is 25.0 Å². The average molecular weight is 208 g/mol. The normalized spacial score (nSPS) is 11.4. The van der Waals surface area contributed by atoms with Gasteiger partial charge in [-0.15, -0.1) is 0 Å². The highest BCUT2D eigenvalue weighted by atomic mass is 19.4. The summed E-state index contributed by atoms with van der Waals surface area (Å²) in [5, 5.41) is 0. The van der Waals surface area contributed by atoms with E-state index >= 15 is 0 Å². The lowest BCUT2D eigenvalue weighted by Gasteiger charge is -2.08. The fourth-order valence-electron chi connectivity index (χ4n) is 0.841. The Hall–Kier alpha value is -1.26. The molecule has 0 heterocycles. The van der Waals surface area contributed by atoms with E-state index in [1.54, 1.807) is 0 Å². The van der Waals surface area contributed by atoms with E-state index in [0.29, 0.717) is 0 Å². The van der Waals surface area contributed by atoms with Gasteiger partial charge in [0.05, 0.1) is 13.0 Å². The molecule has 78 valence electrons. The van der Waals surface area contributed by atoms with Crippen LogP contribution in [0.5, 0.6) is 5.75 Å². The van der Waals surface area contributed by atoms with Crippen LogP contribution in [0.4, 0.5) is 17.6 Å². The number of halogens is 4. The molecule has 0 saturated heterocycles. The van der Waals surface area contributed by atoms with Gasteiger partial charge in [0.15, 0.2) is 0 Å². The smallest absolute Gasteiger partial charge is 0.392 e. The van der Waals surface area contributed by atoms with Crippen LogP contribution in [-0.4, -0.2) is 12.8 Å². The van der Waals surface area contributed by atoms with Gasteiger partial charge in [-0.1, -0.05) is 6.07 Å². The van der Waals surface area contributed by atoms with Crippen molar-refractivity contribution in [3.05, 3.63) is 30.1 Å².